The fraction of sp³-hybridized carbons (Fsp3) is 0.688. The summed E-state index contributed by atoms with van der Waals surface area (Å²) in [7, 11) is 0.932. The number of nitrogens with one attached hydrogen (secondary N) is 1. The van der Waals surface area contributed by atoms with Gasteiger partial charge in [-0.2, -0.15) is 13.2 Å². The van der Waals surface area contributed by atoms with Crippen molar-refractivity contribution in [1.82, 2.24) is 14.5 Å². The lowest BCUT2D eigenvalue weighted by molar-refractivity contribution is -0.200. The second-order valence-corrected chi connectivity index (χ2v) is 7.68. The van der Waals surface area contributed by atoms with Crippen LogP contribution in [0, 0.1) is 4.77 Å². The highest BCUT2D eigenvalue weighted by Crippen LogP contribution is 2.42. The van der Waals surface area contributed by atoms with Gasteiger partial charge in [-0.1, -0.05) is 0 Å². The molecule has 2 N–H and O–H groups in total. The van der Waals surface area contributed by atoms with Crippen LogP contribution in [-0.2, 0) is 25.5 Å². The number of H-pyrrole nitrogens is 1. The van der Waals surface area contributed by atoms with Crippen LogP contribution in [0.4, 0.5) is 13.2 Å². The van der Waals surface area contributed by atoms with E-state index >= 15 is 0 Å². The number of aromatic amines is 1. The molecule has 1 aromatic rings. The first-order valence-corrected chi connectivity index (χ1v) is 9.03. The van der Waals surface area contributed by atoms with Gasteiger partial charge in [0.25, 0.3) is 5.56 Å². The summed E-state index contributed by atoms with van der Waals surface area (Å²) in [6.07, 6.45) is -6.75. The molecule has 2 saturated heterocycles. The SMILES string of the molecule is CN(Cc1cn([C@@H]2O[C@H](CO)[C@@H]3OC(C)(C)OC32)c(=S)[nH]c1=O)C(=O)C(F)(F)F. The molecule has 3 heterocycles. The smallest absolute Gasteiger partial charge is 0.394 e. The molecule has 4 atom stereocenters. The number of amides is 1. The first kappa shape index (κ1) is 21.9. The molecule has 0 aliphatic carbocycles. The summed E-state index contributed by atoms with van der Waals surface area (Å²) in [5.41, 5.74) is -0.866. The Morgan fingerprint density at radius 3 is 2.59 bits per heavy atom. The summed E-state index contributed by atoms with van der Waals surface area (Å²) in [6.45, 7) is 2.41. The number of hydrogen-bond acceptors (Lipinski definition) is 7. The minimum atomic E-state index is -5.06. The van der Waals surface area contributed by atoms with Crippen LogP contribution in [0.1, 0.15) is 25.6 Å². The Kier molecular flexibility index (Phi) is 5.64. The molecule has 2 fully saturated rings. The summed E-state index contributed by atoms with van der Waals surface area (Å²) in [5, 5.41) is 9.57. The Labute approximate surface area is 168 Å². The first-order valence-electron chi connectivity index (χ1n) is 8.62. The van der Waals surface area contributed by atoms with Crippen LogP contribution in [0.3, 0.4) is 0 Å². The number of halogens is 3. The van der Waals surface area contributed by atoms with Gasteiger partial charge in [-0.3, -0.25) is 19.1 Å². The summed E-state index contributed by atoms with van der Waals surface area (Å²) in [6, 6.07) is 0. The third kappa shape index (κ3) is 4.23. The van der Waals surface area contributed by atoms with Crippen molar-refractivity contribution >= 4 is 18.1 Å². The van der Waals surface area contributed by atoms with Gasteiger partial charge in [-0.25, -0.2) is 0 Å². The molecule has 13 heteroatoms. The first-order chi connectivity index (χ1) is 13.3. The second kappa shape index (κ2) is 7.47. The largest absolute Gasteiger partial charge is 0.471 e. The van der Waals surface area contributed by atoms with Crippen molar-refractivity contribution in [3.8, 4) is 0 Å². The summed E-state index contributed by atoms with van der Waals surface area (Å²) < 4.78 is 56.5. The van der Waals surface area contributed by atoms with Crippen LogP contribution in [0.25, 0.3) is 0 Å². The predicted molar refractivity (Wildman–Crippen MR) is 93.2 cm³/mol. The van der Waals surface area contributed by atoms with Gasteiger partial charge in [-0.15, -0.1) is 0 Å². The van der Waals surface area contributed by atoms with Crippen molar-refractivity contribution < 1.29 is 37.3 Å². The monoisotopic (exact) mass is 439 g/mol. The normalized spacial score (nSPS) is 28.4. The van der Waals surface area contributed by atoms with E-state index in [1.54, 1.807) is 13.8 Å². The van der Waals surface area contributed by atoms with Crippen LogP contribution in [0.5, 0.6) is 0 Å². The summed E-state index contributed by atoms with van der Waals surface area (Å²) in [4.78, 5) is 26.3. The lowest BCUT2D eigenvalue weighted by Gasteiger charge is -2.25. The van der Waals surface area contributed by atoms with E-state index in [1.165, 1.54) is 10.8 Å². The molecular weight excluding hydrogens is 419 g/mol. The predicted octanol–water partition coefficient (Wildman–Crippen LogP) is 0.836. The Bertz CT molecular complexity index is 914. The van der Waals surface area contributed by atoms with E-state index < -0.39 is 54.5 Å². The molecule has 29 heavy (non-hydrogen) atoms. The molecule has 1 aromatic heterocycles. The highest BCUT2D eigenvalue weighted by molar-refractivity contribution is 7.71. The number of fused-ring (bicyclic) bond motifs is 1. The van der Waals surface area contributed by atoms with E-state index in [-0.39, 0.29) is 16.9 Å². The number of aromatic nitrogens is 2. The van der Waals surface area contributed by atoms with Crippen molar-refractivity contribution in [1.29, 1.82) is 0 Å². The standard InChI is InChI=1S/C16H20F3N3O6S/c1-15(2)27-9-8(6-23)26-12(10(9)28-15)22-5-7(11(24)20-14(22)29)4-21(3)13(25)16(17,18)19/h5,8-10,12,23H,4,6H2,1-3H3,(H,20,24,29)/t8-,9+,10?,12-/m1/s1. The van der Waals surface area contributed by atoms with Gasteiger partial charge >= 0.3 is 12.1 Å². The topological polar surface area (TPSA) is 106 Å². The van der Waals surface area contributed by atoms with Crippen molar-refractivity contribution in [2.24, 2.45) is 0 Å². The van der Waals surface area contributed by atoms with Crippen molar-refractivity contribution in [2.75, 3.05) is 13.7 Å². The van der Waals surface area contributed by atoms with E-state index in [1.807, 2.05) is 0 Å². The average Bonchev–Trinajstić information content (AvgIpc) is 3.08. The van der Waals surface area contributed by atoms with Gasteiger partial charge in [0.1, 0.15) is 18.3 Å². The van der Waals surface area contributed by atoms with Crippen LogP contribution in [-0.4, -0.2) is 69.4 Å². The number of carbonyl (C=O) groups excluding carboxylic acids is 1. The molecule has 9 nitrogen and oxygen atoms in total. The fourth-order valence-corrected chi connectivity index (χ4v) is 3.65. The van der Waals surface area contributed by atoms with E-state index in [4.69, 9.17) is 26.4 Å². The van der Waals surface area contributed by atoms with Crippen LogP contribution in [0.15, 0.2) is 11.0 Å². The van der Waals surface area contributed by atoms with Crippen LogP contribution in [0.2, 0.25) is 0 Å². The Balaban J connectivity index is 1.93. The second-order valence-electron chi connectivity index (χ2n) is 7.29. The van der Waals surface area contributed by atoms with Crippen molar-refractivity contribution in [3.63, 3.8) is 0 Å². The highest BCUT2D eigenvalue weighted by Gasteiger charge is 2.55. The molecular formula is C16H20F3N3O6S. The molecule has 2 aliphatic heterocycles. The maximum atomic E-state index is 12.6. The fourth-order valence-electron chi connectivity index (χ4n) is 3.40. The van der Waals surface area contributed by atoms with E-state index in [0.717, 1.165) is 7.05 Å². The number of alkyl halides is 3. The maximum absolute atomic E-state index is 12.6. The Morgan fingerprint density at radius 2 is 2.00 bits per heavy atom. The minimum Gasteiger partial charge on any atom is -0.394 e. The number of ether oxygens (including phenoxy) is 3. The molecule has 0 aromatic carbocycles. The van der Waals surface area contributed by atoms with E-state index in [2.05, 4.69) is 4.98 Å². The van der Waals surface area contributed by atoms with Crippen molar-refractivity contribution in [2.45, 2.75) is 56.9 Å². The quantitative estimate of drug-likeness (QED) is 0.670. The van der Waals surface area contributed by atoms with E-state index in [9.17, 15) is 27.9 Å². The molecule has 1 unspecified atom stereocenters. The Hall–Kier alpha value is -1.80. The van der Waals surface area contributed by atoms with Gasteiger partial charge in [0.2, 0.25) is 0 Å². The van der Waals surface area contributed by atoms with Crippen LogP contribution >= 0.6 is 12.2 Å². The molecule has 162 valence electrons. The van der Waals surface area contributed by atoms with Gasteiger partial charge in [-0.05, 0) is 26.1 Å². The maximum Gasteiger partial charge on any atom is 0.471 e. The Morgan fingerprint density at radius 1 is 1.38 bits per heavy atom. The number of aliphatic hydroxyl groups is 1. The molecule has 3 rings (SSSR count). The highest BCUT2D eigenvalue weighted by atomic mass is 32.1. The third-order valence-electron chi connectivity index (χ3n) is 4.62. The van der Waals surface area contributed by atoms with Crippen LogP contribution < -0.4 is 5.56 Å². The molecule has 1 amide bonds. The minimum absolute atomic E-state index is 0.0563. The summed E-state index contributed by atoms with van der Waals surface area (Å²) in [5.74, 6) is -3.03. The molecule has 0 radical (unpaired) electrons. The number of hydrogen-bond donors (Lipinski definition) is 2. The number of aliphatic hydroxyl groups excluding tert-OH is 1. The lowest BCUT2D eigenvalue weighted by Crippen LogP contribution is -2.39. The zero-order chi connectivity index (χ0) is 21.7. The average molecular weight is 439 g/mol. The van der Waals surface area contributed by atoms with Crippen molar-refractivity contribution in [3.05, 3.63) is 26.9 Å². The number of rotatable bonds is 4. The summed E-state index contributed by atoms with van der Waals surface area (Å²) >= 11 is 5.16. The molecule has 2 aliphatic rings. The van der Waals surface area contributed by atoms with Gasteiger partial charge in [0.15, 0.2) is 16.8 Å². The third-order valence-corrected chi connectivity index (χ3v) is 4.93. The number of nitrogens with zero attached hydrogens (tertiary/aromatic N) is 2. The van der Waals surface area contributed by atoms with Gasteiger partial charge in [0.05, 0.1) is 18.7 Å². The zero-order valence-corrected chi connectivity index (χ0v) is 16.5. The van der Waals surface area contributed by atoms with Gasteiger partial charge < -0.3 is 24.2 Å². The zero-order valence-electron chi connectivity index (χ0n) is 15.7. The molecule has 0 spiro atoms. The van der Waals surface area contributed by atoms with Gasteiger partial charge in [0, 0.05) is 13.2 Å². The van der Waals surface area contributed by atoms with E-state index in [0.29, 0.717) is 4.90 Å². The molecule has 0 saturated carbocycles. The number of carbonyl (C=O) groups is 1. The molecule has 0 bridgehead atoms. The lowest BCUT2D eigenvalue weighted by atomic mass is 10.1.